The zero-order chi connectivity index (χ0) is 24.0. The van der Waals surface area contributed by atoms with Crippen LogP contribution in [-0.4, -0.2) is 33.9 Å². The summed E-state index contributed by atoms with van der Waals surface area (Å²) in [5.74, 6) is 0.353. The molecule has 0 atom stereocenters. The van der Waals surface area contributed by atoms with E-state index in [2.05, 4.69) is 31.6 Å². The average Bonchev–Trinajstić information content (AvgIpc) is 3.23. The Kier molecular flexibility index (Phi) is 8.26. The Bertz CT molecular complexity index is 1200. The monoisotopic (exact) mass is 555 g/mol. The Labute approximate surface area is 206 Å². The van der Waals surface area contributed by atoms with Crippen LogP contribution in [0.15, 0.2) is 52.3 Å². The molecule has 0 spiro atoms. The molecular formula is C20H16BrCl2N5O5. The molecule has 0 fully saturated rings. The van der Waals surface area contributed by atoms with Crippen LogP contribution >= 0.6 is 39.1 Å². The number of nitrogens with one attached hydrogen (secondary N) is 1. The highest BCUT2D eigenvalue weighted by Crippen LogP contribution is 2.37. The van der Waals surface area contributed by atoms with Gasteiger partial charge < -0.3 is 9.47 Å². The minimum absolute atomic E-state index is 0.128. The number of carbonyl (C=O) groups is 1. The molecule has 1 N–H and O–H groups in total. The van der Waals surface area contributed by atoms with Crippen molar-refractivity contribution >= 4 is 56.9 Å². The minimum atomic E-state index is -0.596. The van der Waals surface area contributed by atoms with Gasteiger partial charge in [-0.1, -0.05) is 29.3 Å². The lowest BCUT2D eigenvalue weighted by atomic mass is 10.2. The zero-order valence-corrected chi connectivity index (χ0v) is 20.1. The Balaban J connectivity index is 1.65. The van der Waals surface area contributed by atoms with Gasteiger partial charge in [-0.3, -0.25) is 19.6 Å². The molecule has 33 heavy (non-hydrogen) atoms. The van der Waals surface area contributed by atoms with E-state index in [1.54, 1.807) is 30.3 Å². The lowest BCUT2D eigenvalue weighted by Gasteiger charge is -2.14. The van der Waals surface area contributed by atoms with Crippen LogP contribution in [0.4, 0.5) is 5.69 Å². The number of nitro groups is 1. The average molecular weight is 557 g/mol. The first-order valence-electron chi connectivity index (χ1n) is 9.20. The number of halogens is 3. The van der Waals surface area contributed by atoms with Crippen molar-refractivity contribution in [2.75, 3.05) is 7.11 Å². The molecule has 172 valence electrons. The predicted molar refractivity (Wildman–Crippen MR) is 126 cm³/mol. The van der Waals surface area contributed by atoms with Gasteiger partial charge in [0.2, 0.25) is 0 Å². The first kappa shape index (κ1) is 24.5. The molecule has 0 aliphatic carbocycles. The van der Waals surface area contributed by atoms with E-state index < -0.39 is 10.8 Å². The maximum Gasteiger partial charge on any atom is 0.307 e. The van der Waals surface area contributed by atoms with Crippen LogP contribution in [0.2, 0.25) is 10.0 Å². The van der Waals surface area contributed by atoms with Crippen molar-refractivity contribution < 1.29 is 19.2 Å². The van der Waals surface area contributed by atoms with Gasteiger partial charge in [0.1, 0.15) is 25.5 Å². The Morgan fingerprint density at radius 3 is 2.73 bits per heavy atom. The van der Waals surface area contributed by atoms with Crippen LogP contribution < -0.4 is 14.9 Å². The van der Waals surface area contributed by atoms with Crippen LogP contribution in [-0.2, 0) is 17.9 Å². The van der Waals surface area contributed by atoms with Gasteiger partial charge in [0, 0.05) is 15.6 Å². The highest BCUT2D eigenvalue weighted by Gasteiger charge is 2.14. The molecule has 0 saturated carbocycles. The lowest BCUT2D eigenvalue weighted by molar-refractivity contribution is -0.385. The van der Waals surface area contributed by atoms with Crippen molar-refractivity contribution in [3.05, 3.63) is 78.5 Å². The SMILES string of the molecule is COc1cc(C=NNC(=O)Cn2cc([N+](=O)[O-])cn2)cc(Br)c1OCc1c(Cl)cccc1Cl. The van der Waals surface area contributed by atoms with Gasteiger partial charge in [0.25, 0.3) is 5.91 Å². The van der Waals surface area contributed by atoms with Gasteiger partial charge >= 0.3 is 5.69 Å². The molecular weight excluding hydrogens is 541 g/mol. The number of methoxy groups -OCH3 is 1. The molecule has 2 aromatic carbocycles. The number of nitrogens with zero attached hydrogens (tertiary/aromatic N) is 4. The van der Waals surface area contributed by atoms with Crippen LogP contribution in [0.1, 0.15) is 11.1 Å². The molecule has 3 aromatic rings. The summed E-state index contributed by atoms with van der Waals surface area (Å²) < 4.78 is 13.0. The van der Waals surface area contributed by atoms with Crippen LogP contribution in [0.5, 0.6) is 11.5 Å². The third-order valence-electron chi connectivity index (χ3n) is 4.21. The number of carbonyl (C=O) groups excluding carboxylic acids is 1. The van der Waals surface area contributed by atoms with Crippen molar-refractivity contribution in [2.24, 2.45) is 5.10 Å². The summed E-state index contributed by atoms with van der Waals surface area (Å²) in [5, 5.41) is 19.3. The van der Waals surface area contributed by atoms with Gasteiger partial charge in [-0.05, 0) is 45.8 Å². The molecule has 0 unspecified atom stereocenters. The molecule has 0 aliphatic heterocycles. The van der Waals surface area contributed by atoms with E-state index >= 15 is 0 Å². The second kappa shape index (κ2) is 11.1. The van der Waals surface area contributed by atoms with Crippen molar-refractivity contribution in [3.8, 4) is 11.5 Å². The smallest absolute Gasteiger partial charge is 0.307 e. The molecule has 10 nitrogen and oxygen atoms in total. The summed E-state index contributed by atoms with van der Waals surface area (Å²) >= 11 is 15.8. The number of benzene rings is 2. The van der Waals surface area contributed by atoms with E-state index in [9.17, 15) is 14.9 Å². The number of amides is 1. The number of hydrazone groups is 1. The third-order valence-corrected chi connectivity index (χ3v) is 5.51. The van der Waals surface area contributed by atoms with Crippen molar-refractivity contribution in [1.29, 1.82) is 0 Å². The number of hydrogen-bond donors (Lipinski definition) is 1. The molecule has 3 rings (SSSR count). The van der Waals surface area contributed by atoms with Crippen LogP contribution in [0.25, 0.3) is 0 Å². The standard InChI is InChI=1S/C20H16BrCl2N5O5/c1-32-18-6-12(7-24-26-19(29)10-27-9-13(8-25-27)28(30)31)5-15(21)20(18)33-11-14-16(22)3-2-4-17(14)23/h2-9H,10-11H2,1H3,(H,26,29). The van der Waals surface area contributed by atoms with Gasteiger partial charge in [0.15, 0.2) is 11.5 Å². The fourth-order valence-electron chi connectivity index (χ4n) is 2.66. The number of aromatic nitrogens is 2. The molecule has 0 aliphatic rings. The molecule has 1 aromatic heterocycles. The maximum absolute atomic E-state index is 12.0. The fourth-order valence-corrected chi connectivity index (χ4v) is 3.74. The predicted octanol–water partition coefficient (Wildman–Crippen LogP) is 4.60. The number of ether oxygens (including phenoxy) is 2. The number of rotatable bonds is 9. The second-order valence-corrected chi connectivity index (χ2v) is 8.14. The largest absolute Gasteiger partial charge is 0.493 e. The van der Waals surface area contributed by atoms with Gasteiger partial charge in [-0.25, -0.2) is 5.43 Å². The van der Waals surface area contributed by atoms with E-state index in [4.69, 9.17) is 32.7 Å². The summed E-state index contributed by atoms with van der Waals surface area (Å²) in [7, 11) is 1.49. The zero-order valence-electron chi connectivity index (χ0n) is 17.0. The molecule has 1 amide bonds. The van der Waals surface area contributed by atoms with E-state index in [1.807, 2.05) is 0 Å². The maximum atomic E-state index is 12.0. The van der Waals surface area contributed by atoms with E-state index in [1.165, 1.54) is 13.3 Å². The van der Waals surface area contributed by atoms with Crippen molar-refractivity contribution in [2.45, 2.75) is 13.2 Å². The van der Waals surface area contributed by atoms with Crippen LogP contribution in [0, 0.1) is 10.1 Å². The minimum Gasteiger partial charge on any atom is -0.493 e. The first-order chi connectivity index (χ1) is 15.8. The topological polar surface area (TPSA) is 121 Å². The summed E-state index contributed by atoms with van der Waals surface area (Å²) in [6.45, 7) is -0.0991. The van der Waals surface area contributed by atoms with Gasteiger partial charge in [-0.2, -0.15) is 10.2 Å². The highest BCUT2D eigenvalue weighted by atomic mass is 79.9. The molecule has 0 saturated heterocycles. The molecule has 0 bridgehead atoms. The lowest BCUT2D eigenvalue weighted by Crippen LogP contribution is -2.23. The summed E-state index contributed by atoms with van der Waals surface area (Å²) in [4.78, 5) is 22.0. The molecule has 1 heterocycles. The van der Waals surface area contributed by atoms with Gasteiger partial charge in [0.05, 0.1) is 22.7 Å². The quantitative estimate of drug-likeness (QED) is 0.233. The Morgan fingerprint density at radius 1 is 1.36 bits per heavy atom. The van der Waals surface area contributed by atoms with Gasteiger partial charge in [-0.15, -0.1) is 0 Å². The highest BCUT2D eigenvalue weighted by molar-refractivity contribution is 9.10. The third kappa shape index (κ3) is 6.44. The molecule has 13 heteroatoms. The first-order valence-corrected chi connectivity index (χ1v) is 10.8. The normalized spacial score (nSPS) is 10.9. The summed E-state index contributed by atoms with van der Waals surface area (Å²) in [6, 6.07) is 8.58. The van der Waals surface area contributed by atoms with Crippen LogP contribution in [0.3, 0.4) is 0 Å². The fraction of sp³-hybridized carbons (Fsp3) is 0.150. The van der Waals surface area contributed by atoms with Crippen molar-refractivity contribution in [1.82, 2.24) is 15.2 Å². The summed E-state index contributed by atoms with van der Waals surface area (Å²) in [6.07, 6.45) is 3.62. The van der Waals surface area contributed by atoms with E-state index in [-0.39, 0.29) is 18.8 Å². The molecule has 0 radical (unpaired) electrons. The van der Waals surface area contributed by atoms with E-state index in [0.717, 1.165) is 17.1 Å². The number of hydrogen-bond acceptors (Lipinski definition) is 7. The second-order valence-electron chi connectivity index (χ2n) is 6.47. The van der Waals surface area contributed by atoms with Crippen molar-refractivity contribution in [3.63, 3.8) is 0 Å². The Morgan fingerprint density at radius 2 is 2.09 bits per heavy atom. The Hall–Kier alpha value is -3.15. The summed E-state index contributed by atoms with van der Waals surface area (Å²) in [5.41, 5.74) is 3.38. The van der Waals surface area contributed by atoms with E-state index in [0.29, 0.717) is 37.1 Å².